The van der Waals surface area contributed by atoms with Crippen LogP contribution in [0, 0.1) is 6.92 Å². The third-order valence-corrected chi connectivity index (χ3v) is 3.94. The Hall–Kier alpha value is -1.11. The summed E-state index contributed by atoms with van der Waals surface area (Å²) in [5.41, 5.74) is 1.64. The molecule has 0 aliphatic carbocycles. The van der Waals surface area contributed by atoms with Gasteiger partial charge in [0.05, 0.1) is 18.9 Å². The zero-order valence-corrected chi connectivity index (χ0v) is 14.0. The van der Waals surface area contributed by atoms with Gasteiger partial charge in [-0.15, -0.1) is 0 Å². The van der Waals surface area contributed by atoms with Crippen LogP contribution in [0.15, 0.2) is 16.6 Å². The third kappa shape index (κ3) is 4.69. The van der Waals surface area contributed by atoms with E-state index in [1.807, 2.05) is 19.1 Å². The molecule has 0 unspecified atom stereocenters. The van der Waals surface area contributed by atoms with E-state index in [0.29, 0.717) is 11.4 Å². The molecule has 1 aliphatic heterocycles. The molecule has 0 saturated carbocycles. The Balaban J connectivity index is 1.93. The van der Waals surface area contributed by atoms with Crippen molar-refractivity contribution in [2.24, 2.45) is 0 Å². The van der Waals surface area contributed by atoms with Gasteiger partial charge < -0.3 is 20.1 Å². The van der Waals surface area contributed by atoms with Gasteiger partial charge >= 0.3 is 0 Å². The fraction of sp³-hybridized carbons (Fsp3) is 0.533. The Morgan fingerprint density at radius 3 is 2.81 bits per heavy atom. The lowest BCUT2D eigenvalue weighted by Gasteiger charge is -2.22. The van der Waals surface area contributed by atoms with E-state index in [4.69, 9.17) is 9.47 Å². The average Bonchev–Trinajstić information content (AvgIpc) is 2.48. The first-order valence-electron chi connectivity index (χ1n) is 7.06. The van der Waals surface area contributed by atoms with Crippen molar-refractivity contribution >= 4 is 27.5 Å². The Labute approximate surface area is 133 Å². The molecule has 21 heavy (non-hydrogen) atoms. The molecule has 116 valence electrons. The van der Waals surface area contributed by atoms with E-state index in [1.165, 1.54) is 0 Å². The smallest absolute Gasteiger partial charge is 0.250 e. The topological polar surface area (TPSA) is 59.6 Å². The number of carbonyl (C=O) groups is 1. The number of piperidine rings is 1. The number of nitrogens with one attached hydrogen (secondary N) is 2. The molecule has 0 radical (unpaired) electrons. The Bertz CT molecular complexity index is 502. The van der Waals surface area contributed by atoms with E-state index >= 15 is 0 Å². The second kappa shape index (κ2) is 7.77. The first-order valence-corrected chi connectivity index (χ1v) is 7.85. The summed E-state index contributed by atoms with van der Waals surface area (Å²) in [6.45, 7) is 3.90. The predicted molar refractivity (Wildman–Crippen MR) is 85.9 cm³/mol. The van der Waals surface area contributed by atoms with Crippen LogP contribution in [0.3, 0.4) is 0 Å². The van der Waals surface area contributed by atoms with E-state index in [1.54, 1.807) is 7.11 Å². The van der Waals surface area contributed by atoms with Crippen LogP contribution in [-0.2, 0) is 9.53 Å². The van der Waals surface area contributed by atoms with Crippen LogP contribution < -0.4 is 15.4 Å². The molecule has 1 saturated heterocycles. The van der Waals surface area contributed by atoms with Crippen LogP contribution in [0.1, 0.15) is 18.4 Å². The summed E-state index contributed by atoms with van der Waals surface area (Å²) in [4.78, 5) is 12.0. The number of hydrogen-bond donors (Lipinski definition) is 2. The van der Waals surface area contributed by atoms with Gasteiger partial charge in [0, 0.05) is 4.47 Å². The molecule has 0 atom stereocenters. The minimum absolute atomic E-state index is 0.0727. The molecule has 1 amide bonds. The highest BCUT2D eigenvalue weighted by Crippen LogP contribution is 2.32. The van der Waals surface area contributed by atoms with E-state index in [9.17, 15) is 4.79 Å². The molecule has 2 N–H and O–H groups in total. The highest BCUT2D eigenvalue weighted by Gasteiger charge is 2.16. The number of ether oxygens (including phenoxy) is 2. The van der Waals surface area contributed by atoms with Crippen molar-refractivity contribution in [3.8, 4) is 5.75 Å². The van der Waals surface area contributed by atoms with Crippen molar-refractivity contribution in [1.82, 2.24) is 5.32 Å². The van der Waals surface area contributed by atoms with Gasteiger partial charge in [-0.3, -0.25) is 4.79 Å². The summed E-state index contributed by atoms with van der Waals surface area (Å²) in [6.07, 6.45) is 2.08. The summed E-state index contributed by atoms with van der Waals surface area (Å²) in [5.74, 6) is 0.481. The van der Waals surface area contributed by atoms with Gasteiger partial charge in [0.1, 0.15) is 12.4 Å². The van der Waals surface area contributed by atoms with E-state index in [-0.39, 0.29) is 18.6 Å². The molecule has 1 aliphatic rings. The highest BCUT2D eigenvalue weighted by molar-refractivity contribution is 9.10. The van der Waals surface area contributed by atoms with Crippen LogP contribution in [0.25, 0.3) is 0 Å². The summed E-state index contributed by atoms with van der Waals surface area (Å²) in [7, 11) is 1.59. The number of hydrogen-bond acceptors (Lipinski definition) is 4. The minimum Gasteiger partial charge on any atom is -0.495 e. The maximum Gasteiger partial charge on any atom is 0.250 e. The molecule has 5 nitrogen and oxygen atoms in total. The SMILES string of the molecule is COc1cc(Br)cc(C)c1NC(=O)COC1CCNCC1. The second-order valence-corrected chi connectivity index (χ2v) is 6.02. The van der Waals surface area contributed by atoms with Crippen molar-refractivity contribution < 1.29 is 14.3 Å². The van der Waals surface area contributed by atoms with Crippen molar-refractivity contribution in [2.45, 2.75) is 25.9 Å². The van der Waals surface area contributed by atoms with Gasteiger partial charge in [-0.1, -0.05) is 15.9 Å². The molecule has 1 fully saturated rings. The zero-order valence-electron chi connectivity index (χ0n) is 12.4. The Morgan fingerprint density at radius 1 is 1.43 bits per heavy atom. The normalized spacial score (nSPS) is 15.8. The van der Waals surface area contributed by atoms with Crippen molar-refractivity contribution in [1.29, 1.82) is 0 Å². The first kappa shape index (κ1) is 16.3. The van der Waals surface area contributed by atoms with Gasteiger partial charge in [-0.25, -0.2) is 0 Å². The predicted octanol–water partition coefficient (Wildman–Crippen LogP) is 2.47. The fourth-order valence-electron chi connectivity index (χ4n) is 2.36. The lowest BCUT2D eigenvalue weighted by molar-refractivity contribution is -0.123. The molecule has 1 aromatic rings. The quantitative estimate of drug-likeness (QED) is 0.850. The summed E-state index contributed by atoms with van der Waals surface area (Å²) >= 11 is 3.41. The maximum atomic E-state index is 12.0. The highest BCUT2D eigenvalue weighted by atomic mass is 79.9. The molecular formula is C15H21BrN2O3. The Morgan fingerprint density at radius 2 is 2.14 bits per heavy atom. The molecular weight excluding hydrogens is 336 g/mol. The fourth-order valence-corrected chi connectivity index (χ4v) is 2.92. The third-order valence-electron chi connectivity index (χ3n) is 3.48. The number of halogens is 1. The van der Waals surface area contributed by atoms with Crippen molar-refractivity contribution in [3.05, 3.63) is 22.2 Å². The van der Waals surface area contributed by atoms with Crippen LogP contribution in [0.2, 0.25) is 0 Å². The molecule has 0 bridgehead atoms. The standard InChI is InChI=1S/C15H21BrN2O3/c1-10-7-11(16)8-13(20-2)15(10)18-14(19)9-21-12-3-5-17-6-4-12/h7-8,12,17H,3-6,9H2,1-2H3,(H,18,19). The van der Waals surface area contributed by atoms with E-state index in [0.717, 1.165) is 36.0 Å². The number of rotatable bonds is 5. The van der Waals surface area contributed by atoms with E-state index < -0.39 is 0 Å². The van der Waals surface area contributed by atoms with Crippen LogP contribution in [0.5, 0.6) is 5.75 Å². The van der Waals surface area contributed by atoms with Crippen molar-refractivity contribution in [3.63, 3.8) is 0 Å². The van der Waals surface area contributed by atoms with Gasteiger partial charge in [-0.2, -0.15) is 0 Å². The lowest BCUT2D eigenvalue weighted by Crippen LogP contribution is -2.34. The molecule has 6 heteroatoms. The maximum absolute atomic E-state index is 12.0. The van der Waals surface area contributed by atoms with Crippen LogP contribution in [0.4, 0.5) is 5.69 Å². The van der Waals surface area contributed by atoms with Crippen LogP contribution in [-0.4, -0.2) is 38.8 Å². The number of carbonyl (C=O) groups excluding carboxylic acids is 1. The number of anilines is 1. The zero-order chi connectivity index (χ0) is 15.2. The molecule has 2 rings (SSSR count). The largest absolute Gasteiger partial charge is 0.495 e. The van der Waals surface area contributed by atoms with Crippen molar-refractivity contribution in [2.75, 3.05) is 32.1 Å². The number of methoxy groups -OCH3 is 1. The average molecular weight is 357 g/mol. The summed E-state index contributed by atoms with van der Waals surface area (Å²) in [6, 6.07) is 3.77. The van der Waals surface area contributed by atoms with Crippen LogP contribution >= 0.6 is 15.9 Å². The lowest BCUT2D eigenvalue weighted by atomic mass is 10.1. The van der Waals surface area contributed by atoms with Gasteiger partial charge in [0.2, 0.25) is 5.91 Å². The van der Waals surface area contributed by atoms with Gasteiger partial charge in [0.15, 0.2) is 0 Å². The molecule has 0 spiro atoms. The first-order chi connectivity index (χ1) is 10.1. The van der Waals surface area contributed by atoms with E-state index in [2.05, 4.69) is 26.6 Å². The Kier molecular flexibility index (Phi) is 6.02. The minimum atomic E-state index is -0.155. The molecule has 0 aromatic heterocycles. The van der Waals surface area contributed by atoms with Gasteiger partial charge in [0.25, 0.3) is 0 Å². The number of benzene rings is 1. The number of aryl methyl sites for hydroxylation is 1. The monoisotopic (exact) mass is 356 g/mol. The molecule has 1 aromatic carbocycles. The summed E-state index contributed by atoms with van der Waals surface area (Å²) in [5, 5.41) is 6.14. The molecule has 1 heterocycles. The number of amides is 1. The second-order valence-electron chi connectivity index (χ2n) is 5.11. The van der Waals surface area contributed by atoms with Gasteiger partial charge in [-0.05, 0) is 50.6 Å². The summed E-state index contributed by atoms with van der Waals surface area (Å²) < 4.78 is 11.9.